The predicted molar refractivity (Wildman–Crippen MR) is 78.0 cm³/mol. The third-order valence-corrected chi connectivity index (χ3v) is 4.90. The summed E-state index contributed by atoms with van der Waals surface area (Å²) in [5.74, 6) is 0.535. The zero-order valence-electron chi connectivity index (χ0n) is 11.6. The fraction of sp³-hybridized carbons (Fsp3) is 0.733. The lowest BCUT2D eigenvalue weighted by atomic mass is 9.84. The van der Waals surface area contributed by atoms with Crippen LogP contribution >= 0.6 is 11.3 Å². The molecule has 2 nitrogen and oxygen atoms in total. The number of aliphatic hydroxyl groups excluding tert-OH is 1. The lowest BCUT2D eigenvalue weighted by molar-refractivity contribution is 0.0855. The van der Waals surface area contributed by atoms with Gasteiger partial charge in [-0.15, -0.1) is 11.3 Å². The number of thiophene rings is 1. The second-order valence-electron chi connectivity index (χ2n) is 5.78. The SMILES string of the molecule is CN(C)Cc1ccsc1CC(O)C1CCCCC1. The van der Waals surface area contributed by atoms with E-state index in [0.29, 0.717) is 5.92 Å². The van der Waals surface area contributed by atoms with Crippen molar-refractivity contribution in [1.82, 2.24) is 4.90 Å². The molecular weight excluding hydrogens is 242 g/mol. The van der Waals surface area contributed by atoms with Crippen LogP contribution in [0.15, 0.2) is 11.4 Å². The van der Waals surface area contributed by atoms with Crippen molar-refractivity contribution in [3.05, 3.63) is 21.9 Å². The van der Waals surface area contributed by atoms with Crippen LogP contribution in [0.2, 0.25) is 0 Å². The molecule has 1 aliphatic rings. The highest BCUT2D eigenvalue weighted by Crippen LogP contribution is 2.29. The summed E-state index contributed by atoms with van der Waals surface area (Å²) >= 11 is 1.80. The van der Waals surface area contributed by atoms with Gasteiger partial charge in [-0.3, -0.25) is 0 Å². The minimum Gasteiger partial charge on any atom is -0.392 e. The molecule has 0 saturated heterocycles. The van der Waals surface area contributed by atoms with Gasteiger partial charge in [-0.1, -0.05) is 19.3 Å². The van der Waals surface area contributed by atoms with E-state index < -0.39 is 0 Å². The summed E-state index contributed by atoms with van der Waals surface area (Å²) in [7, 11) is 4.19. The fourth-order valence-electron chi connectivity index (χ4n) is 2.90. The Bertz CT molecular complexity index is 355. The van der Waals surface area contributed by atoms with Gasteiger partial charge >= 0.3 is 0 Å². The number of nitrogens with zero attached hydrogens (tertiary/aromatic N) is 1. The summed E-state index contributed by atoms with van der Waals surface area (Å²) in [6.45, 7) is 0.982. The third-order valence-electron chi connectivity index (χ3n) is 3.91. The van der Waals surface area contributed by atoms with Crippen LogP contribution in [0, 0.1) is 5.92 Å². The molecule has 3 heteroatoms. The molecule has 1 aliphatic carbocycles. The molecule has 1 saturated carbocycles. The lowest BCUT2D eigenvalue weighted by Crippen LogP contribution is -2.25. The van der Waals surface area contributed by atoms with Crippen LogP contribution in [0.4, 0.5) is 0 Å². The van der Waals surface area contributed by atoms with Gasteiger partial charge in [0.05, 0.1) is 6.10 Å². The van der Waals surface area contributed by atoms with Crippen LogP contribution in [0.3, 0.4) is 0 Å². The van der Waals surface area contributed by atoms with E-state index in [-0.39, 0.29) is 6.10 Å². The maximum Gasteiger partial charge on any atom is 0.0616 e. The molecule has 0 spiro atoms. The topological polar surface area (TPSA) is 23.5 Å². The Morgan fingerprint density at radius 1 is 1.33 bits per heavy atom. The lowest BCUT2D eigenvalue weighted by Gasteiger charge is -2.26. The van der Waals surface area contributed by atoms with Crippen molar-refractivity contribution in [3.8, 4) is 0 Å². The average molecular weight is 267 g/mol. The van der Waals surface area contributed by atoms with Gasteiger partial charge in [0.25, 0.3) is 0 Å². The molecule has 1 unspecified atom stereocenters. The largest absolute Gasteiger partial charge is 0.392 e. The monoisotopic (exact) mass is 267 g/mol. The van der Waals surface area contributed by atoms with Crippen LogP contribution < -0.4 is 0 Å². The van der Waals surface area contributed by atoms with Crippen LogP contribution in [-0.2, 0) is 13.0 Å². The molecule has 1 aromatic rings. The van der Waals surface area contributed by atoms with Gasteiger partial charge in [0.2, 0.25) is 0 Å². The van der Waals surface area contributed by atoms with Crippen molar-refractivity contribution in [2.24, 2.45) is 5.92 Å². The molecule has 1 atom stereocenters. The van der Waals surface area contributed by atoms with E-state index in [1.807, 2.05) is 0 Å². The first-order chi connectivity index (χ1) is 8.66. The Morgan fingerprint density at radius 3 is 2.72 bits per heavy atom. The van der Waals surface area contributed by atoms with Gasteiger partial charge in [0.1, 0.15) is 0 Å². The van der Waals surface area contributed by atoms with Crippen LogP contribution in [0.1, 0.15) is 42.5 Å². The maximum atomic E-state index is 10.4. The third kappa shape index (κ3) is 3.81. The van der Waals surface area contributed by atoms with Gasteiger partial charge in [-0.25, -0.2) is 0 Å². The molecular formula is C15H25NOS. The molecule has 1 N–H and O–H groups in total. The number of hydrogen-bond acceptors (Lipinski definition) is 3. The van der Waals surface area contributed by atoms with Crippen LogP contribution in [0.25, 0.3) is 0 Å². The highest BCUT2D eigenvalue weighted by atomic mass is 32.1. The van der Waals surface area contributed by atoms with Crippen LogP contribution in [-0.4, -0.2) is 30.2 Å². The van der Waals surface area contributed by atoms with E-state index >= 15 is 0 Å². The van der Waals surface area contributed by atoms with Crippen molar-refractivity contribution < 1.29 is 5.11 Å². The van der Waals surface area contributed by atoms with Crippen molar-refractivity contribution in [1.29, 1.82) is 0 Å². The van der Waals surface area contributed by atoms with Gasteiger partial charge in [-0.05, 0) is 49.9 Å². The summed E-state index contributed by atoms with van der Waals surface area (Å²) in [5, 5.41) is 12.6. The number of rotatable bonds is 5. The van der Waals surface area contributed by atoms with Crippen molar-refractivity contribution >= 4 is 11.3 Å². The van der Waals surface area contributed by atoms with Crippen molar-refractivity contribution in [2.45, 2.75) is 51.2 Å². The van der Waals surface area contributed by atoms with E-state index in [9.17, 15) is 5.11 Å². The van der Waals surface area contributed by atoms with E-state index in [2.05, 4.69) is 30.4 Å². The Kier molecular flexibility index (Phi) is 5.22. The van der Waals surface area contributed by atoms with Gasteiger partial charge in [0, 0.05) is 17.8 Å². The zero-order valence-corrected chi connectivity index (χ0v) is 12.4. The van der Waals surface area contributed by atoms with Crippen molar-refractivity contribution in [3.63, 3.8) is 0 Å². The number of aliphatic hydroxyl groups is 1. The Morgan fingerprint density at radius 2 is 2.06 bits per heavy atom. The average Bonchev–Trinajstić information content (AvgIpc) is 2.77. The molecule has 102 valence electrons. The summed E-state index contributed by atoms with van der Waals surface area (Å²) in [5.41, 5.74) is 1.39. The molecule has 0 amide bonds. The molecule has 0 radical (unpaired) electrons. The summed E-state index contributed by atoms with van der Waals surface area (Å²) in [6, 6.07) is 2.20. The molecule has 0 bridgehead atoms. The van der Waals surface area contributed by atoms with Gasteiger partial charge in [-0.2, -0.15) is 0 Å². The molecule has 1 aromatic heterocycles. The maximum absolute atomic E-state index is 10.4. The van der Waals surface area contributed by atoms with Gasteiger partial charge in [0.15, 0.2) is 0 Å². The second kappa shape index (κ2) is 6.69. The predicted octanol–water partition coefficient (Wildman–Crippen LogP) is 3.29. The first-order valence-electron chi connectivity index (χ1n) is 7.05. The minimum absolute atomic E-state index is 0.134. The Labute approximate surface area is 115 Å². The summed E-state index contributed by atoms with van der Waals surface area (Å²) in [4.78, 5) is 3.57. The Balaban J connectivity index is 1.93. The summed E-state index contributed by atoms with van der Waals surface area (Å²) < 4.78 is 0. The minimum atomic E-state index is -0.134. The standard InChI is InChI=1S/C15H25NOS/c1-16(2)11-13-8-9-18-15(13)10-14(17)12-6-4-3-5-7-12/h8-9,12,14,17H,3-7,10-11H2,1-2H3. The van der Waals surface area contributed by atoms with E-state index in [0.717, 1.165) is 13.0 Å². The highest BCUT2D eigenvalue weighted by molar-refractivity contribution is 7.10. The Hall–Kier alpha value is -0.380. The number of hydrogen-bond donors (Lipinski definition) is 1. The second-order valence-corrected chi connectivity index (χ2v) is 6.78. The van der Waals surface area contributed by atoms with Crippen molar-refractivity contribution in [2.75, 3.05) is 14.1 Å². The zero-order chi connectivity index (χ0) is 13.0. The molecule has 18 heavy (non-hydrogen) atoms. The molecule has 0 aliphatic heterocycles. The molecule has 1 fully saturated rings. The smallest absolute Gasteiger partial charge is 0.0616 e. The molecule has 1 heterocycles. The molecule has 0 aromatic carbocycles. The van der Waals surface area contributed by atoms with Crippen LogP contribution in [0.5, 0.6) is 0 Å². The molecule has 2 rings (SSSR count). The summed E-state index contributed by atoms with van der Waals surface area (Å²) in [6.07, 6.45) is 7.11. The highest BCUT2D eigenvalue weighted by Gasteiger charge is 2.23. The van der Waals surface area contributed by atoms with E-state index in [1.165, 1.54) is 42.5 Å². The first-order valence-corrected chi connectivity index (χ1v) is 7.93. The van der Waals surface area contributed by atoms with Gasteiger partial charge < -0.3 is 10.0 Å². The normalized spacial score (nSPS) is 19.3. The first kappa shape index (κ1) is 14.0. The quantitative estimate of drug-likeness (QED) is 0.885. The van der Waals surface area contributed by atoms with E-state index in [4.69, 9.17) is 0 Å². The van der Waals surface area contributed by atoms with E-state index in [1.54, 1.807) is 11.3 Å². The fourth-order valence-corrected chi connectivity index (χ4v) is 3.85.